The van der Waals surface area contributed by atoms with Gasteiger partial charge in [-0.15, -0.1) is 0 Å². The van der Waals surface area contributed by atoms with Gasteiger partial charge in [0.25, 0.3) is 5.69 Å². The summed E-state index contributed by atoms with van der Waals surface area (Å²) in [5.41, 5.74) is 0.798. The molecule has 0 bridgehead atoms. The Morgan fingerprint density at radius 1 is 1.30 bits per heavy atom. The van der Waals surface area contributed by atoms with Crippen molar-refractivity contribution in [1.29, 1.82) is 0 Å². The lowest BCUT2D eigenvalue weighted by atomic mass is 10.2. The van der Waals surface area contributed by atoms with Gasteiger partial charge in [-0.3, -0.25) is 10.1 Å². The Labute approximate surface area is 117 Å². The zero-order chi connectivity index (χ0) is 14.8. The molecular formula is C13H16N2O4S. The largest absolute Gasteiger partial charge is 0.347 e. The second-order valence-corrected chi connectivity index (χ2v) is 7.07. The van der Waals surface area contributed by atoms with Gasteiger partial charge in [0.2, 0.25) is 0 Å². The first-order chi connectivity index (χ1) is 9.43. The first kappa shape index (κ1) is 14.5. The molecule has 0 fully saturated rings. The number of nitro benzene ring substituents is 1. The summed E-state index contributed by atoms with van der Waals surface area (Å²) in [5, 5.41) is 11.7. The highest BCUT2D eigenvalue weighted by Crippen LogP contribution is 2.22. The van der Waals surface area contributed by atoms with E-state index in [-0.39, 0.29) is 17.2 Å². The summed E-state index contributed by atoms with van der Waals surface area (Å²) in [6.07, 6.45) is 2.33. The Kier molecular flexibility index (Phi) is 4.08. The molecule has 6 nitrogen and oxygen atoms in total. The fraction of sp³-hybridized carbons (Fsp3) is 0.385. The Morgan fingerprint density at radius 2 is 2.05 bits per heavy atom. The maximum atomic E-state index is 11.4. The molecule has 0 amide bonds. The smallest absolute Gasteiger partial charge is 0.271 e. The molecule has 0 spiro atoms. The maximum absolute atomic E-state index is 11.4. The Balaban J connectivity index is 2.18. The molecule has 0 N–H and O–H groups in total. The van der Waals surface area contributed by atoms with Crippen LogP contribution in [0.4, 0.5) is 5.69 Å². The summed E-state index contributed by atoms with van der Waals surface area (Å²) in [4.78, 5) is 10.3. The van der Waals surface area contributed by atoms with E-state index >= 15 is 0 Å². The minimum Gasteiger partial charge on any atom is -0.347 e. The monoisotopic (exact) mass is 296 g/mol. The van der Waals surface area contributed by atoms with Crippen molar-refractivity contribution in [1.82, 2.24) is 4.57 Å². The van der Waals surface area contributed by atoms with Crippen molar-refractivity contribution in [3.63, 3.8) is 0 Å². The average Bonchev–Trinajstić information content (AvgIpc) is 2.81. The fourth-order valence-corrected chi connectivity index (χ4v) is 2.94. The zero-order valence-corrected chi connectivity index (χ0v) is 12.0. The number of nitrogens with zero attached hydrogens (tertiary/aromatic N) is 2. The minimum absolute atomic E-state index is 0.0404. The van der Waals surface area contributed by atoms with Gasteiger partial charge in [0, 0.05) is 36.0 Å². The Morgan fingerprint density at radius 3 is 2.70 bits per heavy atom. The van der Waals surface area contributed by atoms with Crippen molar-refractivity contribution in [3.8, 4) is 0 Å². The zero-order valence-electron chi connectivity index (χ0n) is 11.2. The molecule has 1 aromatic heterocycles. The van der Waals surface area contributed by atoms with Crippen LogP contribution in [0.3, 0.4) is 0 Å². The summed E-state index contributed by atoms with van der Waals surface area (Å²) in [7, 11) is -2.97. The molecule has 0 unspecified atom stereocenters. The van der Waals surface area contributed by atoms with Crippen molar-refractivity contribution < 1.29 is 13.3 Å². The third-order valence-electron chi connectivity index (χ3n) is 3.26. The molecule has 108 valence electrons. The number of aromatic nitrogens is 1. The molecule has 0 aliphatic heterocycles. The van der Waals surface area contributed by atoms with Crippen LogP contribution in [0.15, 0.2) is 30.5 Å². The fourth-order valence-electron chi connectivity index (χ4n) is 2.08. The molecule has 20 heavy (non-hydrogen) atoms. The van der Waals surface area contributed by atoms with E-state index in [0.29, 0.717) is 13.0 Å². The van der Waals surface area contributed by atoms with Crippen molar-refractivity contribution in [2.24, 2.45) is 0 Å². The van der Waals surface area contributed by atoms with Crippen LogP contribution in [-0.2, 0) is 16.4 Å². The summed E-state index contributed by atoms with van der Waals surface area (Å²) in [5.74, 6) is 0.281. The molecule has 2 rings (SSSR count). The average molecular weight is 296 g/mol. The lowest BCUT2D eigenvalue weighted by Gasteiger charge is -2.05. The first-order valence-electron chi connectivity index (χ1n) is 6.36. The highest BCUT2D eigenvalue weighted by molar-refractivity contribution is 7.91. The summed E-state index contributed by atoms with van der Waals surface area (Å²) in [6, 6.07) is 6.55. The maximum Gasteiger partial charge on any atom is 0.271 e. The molecule has 0 radical (unpaired) electrons. The molecule has 1 aromatic carbocycles. The predicted octanol–water partition coefficient (Wildman–Crippen LogP) is 2.37. The molecule has 0 aliphatic carbocycles. The van der Waals surface area contributed by atoms with Gasteiger partial charge in [-0.25, -0.2) is 8.42 Å². The number of aryl methyl sites for hydroxylation is 1. The highest BCUT2D eigenvalue weighted by atomic mass is 32.2. The standard InChI is InChI=1S/C13H16N2O4S/c1-2-20(18,19)9-3-7-14-8-6-11-4-5-12(15(16)17)10-13(11)14/h4-6,8,10H,2-3,7,9H2,1H3. The van der Waals surface area contributed by atoms with Crippen LogP contribution in [0, 0.1) is 10.1 Å². The molecular weight excluding hydrogens is 280 g/mol. The topological polar surface area (TPSA) is 82.2 Å². The van der Waals surface area contributed by atoms with Crippen LogP contribution in [0.2, 0.25) is 0 Å². The number of nitro groups is 1. The lowest BCUT2D eigenvalue weighted by Crippen LogP contribution is -2.11. The summed E-state index contributed by atoms with van der Waals surface area (Å²) >= 11 is 0. The minimum atomic E-state index is -2.97. The molecule has 7 heteroatoms. The van der Waals surface area contributed by atoms with Gasteiger partial charge in [0.05, 0.1) is 16.2 Å². The van der Waals surface area contributed by atoms with E-state index < -0.39 is 14.8 Å². The van der Waals surface area contributed by atoms with Gasteiger partial charge in [0.1, 0.15) is 9.84 Å². The summed E-state index contributed by atoms with van der Waals surface area (Å²) in [6.45, 7) is 2.16. The molecule has 0 atom stereocenters. The SMILES string of the molecule is CCS(=O)(=O)CCCn1ccc2ccc([N+](=O)[O-])cc21. The number of rotatable bonds is 6. The second kappa shape index (κ2) is 5.62. The lowest BCUT2D eigenvalue weighted by molar-refractivity contribution is -0.384. The van der Waals surface area contributed by atoms with Crippen LogP contribution in [-0.4, -0.2) is 29.4 Å². The number of fused-ring (bicyclic) bond motifs is 1. The van der Waals surface area contributed by atoms with Crippen LogP contribution in [0.25, 0.3) is 10.9 Å². The molecule has 0 aliphatic rings. The number of non-ortho nitro benzene ring substituents is 1. The van der Waals surface area contributed by atoms with E-state index in [0.717, 1.165) is 10.9 Å². The quantitative estimate of drug-likeness (QED) is 0.605. The van der Waals surface area contributed by atoms with Gasteiger partial charge in [-0.2, -0.15) is 0 Å². The number of hydrogen-bond donors (Lipinski definition) is 0. The number of hydrogen-bond acceptors (Lipinski definition) is 4. The summed E-state index contributed by atoms with van der Waals surface area (Å²) < 4.78 is 24.7. The van der Waals surface area contributed by atoms with Crippen LogP contribution in [0.5, 0.6) is 0 Å². The third kappa shape index (κ3) is 3.16. The molecule has 0 saturated carbocycles. The van der Waals surface area contributed by atoms with Gasteiger partial charge in [-0.05, 0) is 18.6 Å². The normalized spacial score (nSPS) is 11.8. The third-order valence-corrected chi connectivity index (χ3v) is 5.05. The molecule has 2 aromatic rings. The van der Waals surface area contributed by atoms with E-state index in [4.69, 9.17) is 0 Å². The highest BCUT2D eigenvalue weighted by Gasteiger charge is 2.10. The van der Waals surface area contributed by atoms with Gasteiger partial charge >= 0.3 is 0 Å². The van der Waals surface area contributed by atoms with Gasteiger partial charge < -0.3 is 4.57 Å². The van der Waals surface area contributed by atoms with Crippen molar-refractivity contribution in [3.05, 3.63) is 40.6 Å². The van der Waals surface area contributed by atoms with Crippen LogP contribution in [0.1, 0.15) is 13.3 Å². The van der Waals surface area contributed by atoms with Crippen molar-refractivity contribution in [2.45, 2.75) is 19.9 Å². The Hall–Kier alpha value is -1.89. The van der Waals surface area contributed by atoms with Crippen molar-refractivity contribution in [2.75, 3.05) is 11.5 Å². The van der Waals surface area contributed by atoms with E-state index in [1.165, 1.54) is 12.1 Å². The van der Waals surface area contributed by atoms with E-state index in [1.54, 1.807) is 13.0 Å². The van der Waals surface area contributed by atoms with E-state index in [2.05, 4.69) is 0 Å². The van der Waals surface area contributed by atoms with E-state index in [1.807, 2.05) is 16.8 Å². The van der Waals surface area contributed by atoms with Gasteiger partial charge in [-0.1, -0.05) is 6.92 Å². The number of benzene rings is 1. The number of sulfone groups is 1. The van der Waals surface area contributed by atoms with E-state index in [9.17, 15) is 18.5 Å². The Bertz CT molecular complexity index is 734. The van der Waals surface area contributed by atoms with Crippen molar-refractivity contribution >= 4 is 26.4 Å². The van der Waals surface area contributed by atoms with Crippen LogP contribution >= 0.6 is 0 Å². The molecule has 1 heterocycles. The second-order valence-electron chi connectivity index (χ2n) is 4.60. The van der Waals surface area contributed by atoms with Crippen LogP contribution < -0.4 is 0 Å². The first-order valence-corrected chi connectivity index (χ1v) is 8.19. The van der Waals surface area contributed by atoms with Gasteiger partial charge in [0.15, 0.2) is 0 Å². The predicted molar refractivity (Wildman–Crippen MR) is 77.5 cm³/mol. The molecule has 0 saturated heterocycles.